The van der Waals surface area contributed by atoms with Crippen molar-refractivity contribution in [3.63, 3.8) is 0 Å². The smallest absolute Gasteiger partial charge is 0.241 e. The highest BCUT2D eigenvalue weighted by atomic mass is 32.2. The molecule has 142 valence electrons. The number of aryl methyl sites for hydroxylation is 2. The third kappa shape index (κ3) is 4.06. The number of amides is 1. The Bertz CT molecular complexity index is 963. The molecule has 1 amide bonds. The highest BCUT2D eigenvalue weighted by Crippen LogP contribution is 2.30. The number of nitrogens with one attached hydrogen (secondary N) is 2. The number of anilines is 1. The van der Waals surface area contributed by atoms with Gasteiger partial charge in [0, 0.05) is 17.6 Å². The molecular formula is C21H24N2O3S. The number of benzene rings is 2. The van der Waals surface area contributed by atoms with Gasteiger partial charge in [0.15, 0.2) is 0 Å². The van der Waals surface area contributed by atoms with E-state index in [0.29, 0.717) is 4.90 Å². The van der Waals surface area contributed by atoms with E-state index in [1.807, 2.05) is 37.3 Å². The van der Waals surface area contributed by atoms with Gasteiger partial charge >= 0.3 is 0 Å². The van der Waals surface area contributed by atoms with Crippen LogP contribution in [0.15, 0.2) is 47.4 Å². The van der Waals surface area contributed by atoms with Crippen molar-refractivity contribution in [1.29, 1.82) is 0 Å². The molecule has 1 saturated carbocycles. The molecule has 2 aliphatic carbocycles. The van der Waals surface area contributed by atoms with Crippen LogP contribution in [0.1, 0.15) is 48.9 Å². The lowest BCUT2D eigenvalue weighted by Gasteiger charge is -2.16. The maximum absolute atomic E-state index is 12.7. The van der Waals surface area contributed by atoms with Gasteiger partial charge in [0.05, 0.1) is 4.90 Å². The third-order valence-electron chi connectivity index (χ3n) is 5.34. The average Bonchev–Trinajstić information content (AvgIpc) is 3.39. The summed E-state index contributed by atoms with van der Waals surface area (Å²) in [6.07, 6.45) is 4.99. The van der Waals surface area contributed by atoms with Gasteiger partial charge in [-0.2, -0.15) is 0 Å². The fourth-order valence-electron chi connectivity index (χ4n) is 3.53. The molecule has 27 heavy (non-hydrogen) atoms. The van der Waals surface area contributed by atoms with Gasteiger partial charge in [-0.3, -0.25) is 4.79 Å². The van der Waals surface area contributed by atoms with E-state index in [1.54, 1.807) is 12.1 Å². The average molecular weight is 385 g/mol. The van der Waals surface area contributed by atoms with E-state index in [9.17, 15) is 13.2 Å². The molecule has 0 aromatic heterocycles. The molecule has 0 spiro atoms. The Hall–Kier alpha value is -2.18. The van der Waals surface area contributed by atoms with Gasteiger partial charge in [0.2, 0.25) is 15.9 Å². The maximum atomic E-state index is 12.7. The lowest BCUT2D eigenvalue weighted by molar-refractivity contribution is -0.117. The molecule has 4 rings (SSSR count). The molecule has 0 heterocycles. The zero-order valence-corrected chi connectivity index (χ0v) is 16.2. The molecule has 0 aliphatic heterocycles. The van der Waals surface area contributed by atoms with Crippen molar-refractivity contribution in [2.75, 3.05) is 5.32 Å². The molecule has 2 aliphatic rings. The number of hydrogen-bond donors (Lipinski definition) is 2. The summed E-state index contributed by atoms with van der Waals surface area (Å²) in [4.78, 5) is 12.1. The standard InChI is InChI=1S/C21H24N2O3S/c1-14(15-7-10-19(11-8-15)22-21(24)17-5-6-17)23-27(25,26)20-12-9-16-3-2-4-18(16)13-20/h7-14,17,23H,2-6H2,1H3,(H,22,24)/t14-/m1/s1. The van der Waals surface area contributed by atoms with E-state index in [1.165, 1.54) is 5.56 Å². The molecule has 5 nitrogen and oxygen atoms in total. The number of sulfonamides is 1. The fraction of sp³-hybridized carbons (Fsp3) is 0.381. The number of carbonyl (C=O) groups is 1. The van der Waals surface area contributed by atoms with Crippen molar-refractivity contribution < 1.29 is 13.2 Å². The van der Waals surface area contributed by atoms with Crippen LogP contribution in [0, 0.1) is 5.92 Å². The summed E-state index contributed by atoms with van der Waals surface area (Å²) >= 11 is 0. The first kappa shape index (κ1) is 18.2. The molecule has 0 radical (unpaired) electrons. The summed E-state index contributed by atoms with van der Waals surface area (Å²) in [6.45, 7) is 1.82. The van der Waals surface area contributed by atoms with Gasteiger partial charge in [-0.15, -0.1) is 0 Å². The first-order valence-electron chi connectivity index (χ1n) is 9.47. The van der Waals surface area contributed by atoms with E-state index >= 15 is 0 Å². The van der Waals surface area contributed by atoms with E-state index in [-0.39, 0.29) is 17.9 Å². The van der Waals surface area contributed by atoms with Crippen LogP contribution in [0.5, 0.6) is 0 Å². The molecule has 0 bridgehead atoms. The van der Waals surface area contributed by atoms with E-state index in [0.717, 1.165) is 48.9 Å². The monoisotopic (exact) mass is 384 g/mol. The van der Waals surface area contributed by atoms with Gasteiger partial charge in [-0.1, -0.05) is 18.2 Å². The Balaban J connectivity index is 1.44. The highest BCUT2D eigenvalue weighted by molar-refractivity contribution is 7.89. The maximum Gasteiger partial charge on any atom is 0.241 e. The second kappa shape index (κ2) is 7.09. The van der Waals surface area contributed by atoms with Crippen LogP contribution in [0.2, 0.25) is 0 Å². The zero-order valence-electron chi connectivity index (χ0n) is 15.4. The summed E-state index contributed by atoms with van der Waals surface area (Å²) in [7, 11) is -3.58. The summed E-state index contributed by atoms with van der Waals surface area (Å²) in [6, 6.07) is 12.4. The molecule has 0 saturated heterocycles. The predicted molar refractivity (Wildman–Crippen MR) is 105 cm³/mol. The first-order chi connectivity index (χ1) is 12.9. The van der Waals surface area contributed by atoms with E-state index in [2.05, 4.69) is 10.0 Å². The Morgan fingerprint density at radius 2 is 1.74 bits per heavy atom. The zero-order chi connectivity index (χ0) is 19.0. The normalized spacial score (nSPS) is 17.4. The lowest BCUT2D eigenvalue weighted by atomic mass is 10.1. The van der Waals surface area contributed by atoms with Crippen LogP contribution in [0.4, 0.5) is 5.69 Å². The van der Waals surface area contributed by atoms with Crippen molar-refractivity contribution in [2.24, 2.45) is 5.92 Å². The highest BCUT2D eigenvalue weighted by Gasteiger charge is 2.29. The van der Waals surface area contributed by atoms with Gasteiger partial charge in [0.1, 0.15) is 0 Å². The van der Waals surface area contributed by atoms with Gasteiger partial charge < -0.3 is 5.32 Å². The summed E-state index contributed by atoms with van der Waals surface area (Å²) in [5, 5.41) is 2.89. The van der Waals surface area contributed by atoms with Crippen molar-refractivity contribution >= 4 is 21.6 Å². The molecule has 2 aromatic rings. The van der Waals surface area contributed by atoms with Gasteiger partial charge in [0.25, 0.3) is 0 Å². The largest absolute Gasteiger partial charge is 0.326 e. The Labute approximate surface area is 160 Å². The molecule has 6 heteroatoms. The van der Waals surface area contributed by atoms with E-state index in [4.69, 9.17) is 0 Å². The topological polar surface area (TPSA) is 75.3 Å². The van der Waals surface area contributed by atoms with Gasteiger partial charge in [-0.05, 0) is 80.0 Å². The Kier molecular flexibility index (Phi) is 4.78. The van der Waals surface area contributed by atoms with Crippen LogP contribution in [-0.4, -0.2) is 14.3 Å². The van der Waals surface area contributed by atoms with Crippen molar-refractivity contribution in [1.82, 2.24) is 4.72 Å². The van der Waals surface area contributed by atoms with Crippen LogP contribution >= 0.6 is 0 Å². The molecular weight excluding hydrogens is 360 g/mol. The minimum atomic E-state index is -3.58. The van der Waals surface area contributed by atoms with Crippen molar-refractivity contribution in [2.45, 2.75) is 50.0 Å². The second-order valence-corrected chi connectivity index (χ2v) is 9.23. The molecule has 0 unspecified atom stereocenters. The lowest BCUT2D eigenvalue weighted by Crippen LogP contribution is -2.27. The molecule has 2 N–H and O–H groups in total. The third-order valence-corrected chi connectivity index (χ3v) is 6.88. The number of hydrogen-bond acceptors (Lipinski definition) is 3. The molecule has 1 fully saturated rings. The summed E-state index contributed by atoms with van der Waals surface area (Å²) in [5.41, 5.74) is 3.99. The van der Waals surface area contributed by atoms with Crippen molar-refractivity contribution in [3.05, 3.63) is 59.2 Å². The van der Waals surface area contributed by atoms with Gasteiger partial charge in [-0.25, -0.2) is 13.1 Å². The van der Waals surface area contributed by atoms with Crippen LogP contribution in [0.25, 0.3) is 0 Å². The van der Waals surface area contributed by atoms with Crippen LogP contribution in [0.3, 0.4) is 0 Å². The van der Waals surface area contributed by atoms with Crippen molar-refractivity contribution in [3.8, 4) is 0 Å². The first-order valence-corrected chi connectivity index (χ1v) is 11.0. The quantitative estimate of drug-likeness (QED) is 0.800. The Morgan fingerprint density at radius 3 is 2.44 bits per heavy atom. The minimum Gasteiger partial charge on any atom is -0.326 e. The predicted octanol–water partition coefficient (Wildman–Crippen LogP) is 3.56. The Morgan fingerprint density at radius 1 is 1.04 bits per heavy atom. The molecule has 2 aromatic carbocycles. The number of rotatable bonds is 6. The SMILES string of the molecule is C[C@@H](NS(=O)(=O)c1ccc2c(c1)CCC2)c1ccc(NC(=O)C2CC2)cc1. The second-order valence-electron chi connectivity index (χ2n) is 7.51. The van der Waals surface area contributed by atoms with Crippen LogP contribution < -0.4 is 10.0 Å². The fourth-order valence-corrected chi connectivity index (χ4v) is 4.81. The number of carbonyl (C=O) groups excluding carboxylic acids is 1. The molecule has 1 atom stereocenters. The number of fused-ring (bicyclic) bond motifs is 1. The summed E-state index contributed by atoms with van der Waals surface area (Å²) in [5.74, 6) is 0.218. The summed E-state index contributed by atoms with van der Waals surface area (Å²) < 4.78 is 28.2. The van der Waals surface area contributed by atoms with E-state index < -0.39 is 10.0 Å². The van der Waals surface area contributed by atoms with Crippen LogP contribution in [-0.2, 0) is 27.7 Å². The minimum absolute atomic E-state index is 0.0631.